The second kappa shape index (κ2) is 11.7. The molecule has 218 valence electrons. The molecule has 2 aromatic heterocycles. The van der Waals surface area contributed by atoms with E-state index in [1.54, 1.807) is 54.9 Å². The van der Waals surface area contributed by atoms with Crippen molar-refractivity contribution in [2.75, 3.05) is 30.8 Å². The van der Waals surface area contributed by atoms with Crippen molar-refractivity contribution in [2.45, 2.75) is 69.6 Å². The predicted molar refractivity (Wildman–Crippen MR) is 163 cm³/mol. The number of ether oxygens (including phenoxy) is 1. The number of rotatable bonds is 9. The van der Waals surface area contributed by atoms with Gasteiger partial charge in [0.2, 0.25) is 11.9 Å². The lowest BCUT2D eigenvalue weighted by atomic mass is 9.86. The Hall–Kier alpha value is -3.70. The van der Waals surface area contributed by atoms with Gasteiger partial charge in [-0.2, -0.15) is 19.6 Å². The van der Waals surface area contributed by atoms with Crippen LogP contribution in [0, 0.1) is 6.92 Å². The second-order valence-corrected chi connectivity index (χ2v) is 13.7. The maximum Gasteiger partial charge on any atom is 0.233 e. The number of aryl methyl sites for hydroxylation is 1. The van der Waals surface area contributed by atoms with Crippen LogP contribution in [0.15, 0.2) is 53.6 Å². The number of anilines is 4. The maximum absolute atomic E-state index is 13.1. The van der Waals surface area contributed by atoms with Crippen molar-refractivity contribution in [1.29, 1.82) is 0 Å². The zero-order valence-corrected chi connectivity index (χ0v) is 25.4. The number of hydrogen-bond donors (Lipinski definition) is 2. The third kappa shape index (κ3) is 6.15. The summed E-state index contributed by atoms with van der Waals surface area (Å²) in [6.07, 6.45) is 3.85. The molecule has 0 bridgehead atoms. The smallest absolute Gasteiger partial charge is 0.233 e. The van der Waals surface area contributed by atoms with Crippen LogP contribution in [0.4, 0.5) is 23.3 Å². The van der Waals surface area contributed by atoms with E-state index >= 15 is 0 Å². The number of benzene rings is 2. The number of piperidine rings is 1. The number of hydrogen-bond acceptors (Lipinski definition) is 9. The molecule has 2 N–H and O–H groups in total. The number of likely N-dealkylation sites (tertiary alicyclic amines) is 1. The summed E-state index contributed by atoms with van der Waals surface area (Å²) in [4.78, 5) is 12.0. The maximum atomic E-state index is 13.1. The molecule has 0 spiro atoms. The van der Waals surface area contributed by atoms with Gasteiger partial charge < -0.3 is 20.3 Å². The Morgan fingerprint density at radius 3 is 2.41 bits per heavy atom. The lowest BCUT2D eigenvalue weighted by Gasteiger charge is -2.30. The van der Waals surface area contributed by atoms with Gasteiger partial charge in [-0.25, -0.2) is 8.42 Å². The number of sulfone groups is 1. The van der Waals surface area contributed by atoms with E-state index < -0.39 is 15.1 Å². The van der Waals surface area contributed by atoms with Crippen LogP contribution in [0.25, 0.3) is 5.65 Å². The standard InChI is InChI=1S/C30H39N7O3S/c1-19(2)40-26-18-23(22-12-15-36(6)16-13-22)21(5)17-25(26)32-29-34-28-11-14-31-37(28)30(35-29)33-24-9-7-8-10-27(24)41(38,39)20(3)4/h7-11,14,17-20,22H,12-13,15-16H2,1-6H3,(H2,32,33,34,35). The van der Waals surface area contributed by atoms with E-state index in [-0.39, 0.29) is 11.0 Å². The van der Waals surface area contributed by atoms with Crippen molar-refractivity contribution in [2.24, 2.45) is 0 Å². The summed E-state index contributed by atoms with van der Waals surface area (Å²) in [5, 5.41) is 10.4. The molecule has 5 rings (SSSR count). The highest BCUT2D eigenvalue weighted by Crippen LogP contribution is 2.38. The highest BCUT2D eigenvalue weighted by Gasteiger charge is 2.24. The molecule has 11 heteroatoms. The first-order valence-corrected chi connectivity index (χ1v) is 15.7. The lowest BCUT2D eigenvalue weighted by molar-refractivity contribution is 0.241. The predicted octanol–water partition coefficient (Wildman–Crippen LogP) is 5.70. The van der Waals surface area contributed by atoms with E-state index in [0.29, 0.717) is 29.1 Å². The van der Waals surface area contributed by atoms with Crippen molar-refractivity contribution in [3.05, 3.63) is 59.8 Å². The topological polar surface area (TPSA) is 114 Å². The quantitative estimate of drug-likeness (QED) is 0.259. The SMILES string of the molecule is Cc1cc(Nc2nc(Nc3ccccc3S(=O)(=O)C(C)C)n3nccc3n2)c(OC(C)C)cc1C1CCN(C)CC1. The fourth-order valence-corrected chi connectivity index (χ4v) is 6.39. The number of para-hydroxylation sites is 1. The largest absolute Gasteiger partial charge is 0.489 e. The molecule has 0 unspecified atom stereocenters. The number of nitrogens with one attached hydrogen (secondary N) is 2. The van der Waals surface area contributed by atoms with Crippen LogP contribution < -0.4 is 15.4 Å². The lowest BCUT2D eigenvalue weighted by Crippen LogP contribution is -2.29. The summed E-state index contributed by atoms with van der Waals surface area (Å²) in [7, 11) is -1.36. The Morgan fingerprint density at radius 2 is 1.71 bits per heavy atom. The molecule has 10 nitrogen and oxygen atoms in total. The average Bonchev–Trinajstić information content (AvgIpc) is 3.40. The summed E-state index contributed by atoms with van der Waals surface area (Å²) in [6, 6.07) is 12.9. The highest BCUT2D eigenvalue weighted by molar-refractivity contribution is 7.92. The molecule has 1 aliphatic rings. The van der Waals surface area contributed by atoms with Gasteiger partial charge in [0.25, 0.3) is 0 Å². The minimum Gasteiger partial charge on any atom is -0.489 e. The Labute approximate surface area is 242 Å². The summed E-state index contributed by atoms with van der Waals surface area (Å²) in [6.45, 7) is 11.7. The van der Waals surface area contributed by atoms with Crippen molar-refractivity contribution in [3.63, 3.8) is 0 Å². The number of nitrogens with zero attached hydrogens (tertiary/aromatic N) is 5. The zero-order chi connectivity index (χ0) is 29.3. The van der Waals surface area contributed by atoms with Crippen LogP contribution in [0.5, 0.6) is 5.75 Å². The molecule has 1 aliphatic heterocycles. The summed E-state index contributed by atoms with van der Waals surface area (Å²) in [5.74, 6) is 1.91. The van der Waals surface area contributed by atoms with Crippen LogP contribution in [-0.4, -0.2) is 64.4 Å². The summed E-state index contributed by atoms with van der Waals surface area (Å²) < 4.78 is 33.9. The third-order valence-corrected chi connectivity index (χ3v) is 9.66. The van der Waals surface area contributed by atoms with Gasteiger partial charge >= 0.3 is 0 Å². The van der Waals surface area contributed by atoms with Gasteiger partial charge in [-0.05, 0) is 109 Å². The molecule has 4 aromatic rings. The zero-order valence-electron chi connectivity index (χ0n) is 24.5. The van der Waals surface area contributed by atoms with Crippen LogP contribution in [0.3, 0.4) is 0 Å². The molecule has 2 aromatic carbocycles. The highest BCUT2D eigenvalue weighted by atomic mass is 32.2. The van der Waals surface area contributed by atoms with Crippen LogP contribution >= 0.6 is 0 Å². The van der Waals surface area contributed by atoms with E-state index in [4.69, 9.17) is 9.72 Å². The molecule has 0 aliphatic carbocycles. The normalized spacial score (nSPS) is 15.1. The summed E-state index contributed by atoms with van der Waals surface area (Å²) in [5.41, 5.74) is 4.25. The number of fused-ring (bicyclic) bond motifs is 1. The van der Waals surface area contributed by atoms with Crippen molar-refractivity contribution < 1.29 is 13.2 Å². The van der Waals surface area contributed by atoms with Crippen molar-refractivity contribution in [1.82, 2.24) is 24.5 Å². The van der Waals surface area contributed by atoms with Gasteiger partial charge in [-0.3, -0.25) is 0 Å². The second-order valence-electron chi connectivity index (χ2n) is 11.3. The molecule has 0 atom stereocenters. The Kier molecular flexibility index (Phi) is 8.19. The van der Waals surface area contributed by atoms with Gasteiger partial charge in [-0.1, -0.05) is 12.1 Å². The number of aromatic nitrogens is 4. The van der Waals surface area contributed by atoms with Gasteiger partial charge in [0.1, 0.15) is 5.75 Å². The molecule has 1 saturated heterocycles. The van der Waals surface area contributed by atoms with Crippen LogP contribution in [0.2, 0.25) is 0 Å². The molecule has 41 heavy (non-hydrogen) atoms. The average molecular weight is 578 g/mol. The first-order chi connectivity index (χ1) is 19.5. The van der Waals surface area contributed by atoms with E-state index in [1.165, 1.54) is 11.1 Å². The van der Waals surface area contributed by atoms with Crippen molar-refractivity contribution >= 4 is 38.8 Å². The third-order valence-electron chi connectivity index (χ3n) is 7.45. The monoisotopic (exact) mass is 577 g/mol. The summed E-state index contributed by atoms with van der Waals surface area (Å²) >= 11 is 0. The molecular formula is C30H39N7O3S. The molecule has 0 saturated carbocycles. The Bertz CT molecular complexity index is 1640. The Morgan fingerprint density at radius 1 is 0.976 bits per heavy atom. The molecular weight excluding hydrogens is 538 g/mol. The molecule has 0 radical (unpaired) electrons. The minimum absolute atomic E-state index is 0.0153. The van der Waals surface area contributed by atoms with E-state index in [0.717, 1.165) is 37.4 Å². The fraction of sp³-hybridized carbons (Fsp3) is 0.433. The molecule has 1 fully saturated rings. The van der Waals surface area contributed by atoms with Gasteiger partial charge in [0.15, 0.2) is 15.5 Å². The first kappa shape index (κ1) is 28.8. The molecule has 0 amide bonds. The minimum atomic E-state index is -3.54. The van der Waals surface area contributed by atoms with E-state index in [9.17, 15) is 8.42 Å². The van der Waals surface area contributed by atoms with Gasteiger partial charge in [0, 0.05) is 6.07 Å². The van der Waals surface area contributed by atoms with Crippen molar-refractivity contribution in [3.8, 4) is 5.75 Å². The van der Waals surface area contributed by atoms with Crippen LogP contribution in [0.1, 0.15) is 57.6 Å². The fourth-order valence-electron chi connectivity index (χ4n) is 5.19. The Balaban J connectivity index is 1.52. The molecule has 3 heterocycles. The van der Waals surface area contributed by atoms with E-state index in [2.05, 4.69) is 51.7 Å². The van der Waals surface area contributed by atoms with Crippen LogP contribution in [-0.2, 0) is 9.84 Å². The van der Waals surface area contributed by atoms with Gasteiger partial charge in [-0.15, -0.1) is 0 Å². The first-order valence-electron chi connectivity index (χ1n) is 14.1. The van der Waals surface area contributed by atoms with E-state index in [1.807, 2.05) is 13.8 Å². The van der Waals surface area contributed by atoms with Gasteiger partial charge in [0.05, 0.1) is 33.8 Å².